The Morgan fingerprint density at radius 3 is 2.52 bits per heavy atom. The summed E-state index contributed by atoms with van der Waals surface area (Å²) in [5.74, 6) is 0.0811. The van der Waals surface area contributed by atoms with E-state index >= 15 is 0 Å². The maximum atomic E-state index is 12.4. The molecule has 118 valence electrons. The van der Waals surface area contributed by atoms with E-state index in [9.17, 15) is 4.79 Å². The number of piperazine rings is 1. The van der Waals surface area contributed by atoms with Crippen LogP contribution in [0.5, 0.6) is 0 Å². The molecule has 2 heterocycles. The molecule has 0 atom stereocenters. The predicted octanol–water partition coefficient (Wildman–Crippen LogP) is 2.55. The minimum absolute atomic E-state index is 0.0811. The van der Waals surface area contributed by atoms with Crippen molar-refractivity contribution < 1.29 is 4.79 Å². The summed E-state index contributed by atoms with van der Waals surface area (Å²) in [5, 5.41) is 0. The molecule has 0 bridgehead atoms. The second kappa shape index (κ2) is 7.70. The zero-order valence-electron chi connectivity index (χ0n) is 13.1. The summed E-state index contributed by atoms with van der Waals surface area (Å²) in [6, 6.07) is 13.9. The van der Waals surface area contributed by atoms with Crippen molar-refractivity contribution in [2.24, 2.45) is 0 Å². The fourth-order valence-electron chi connectivity index (χ4n) is 2.71. The average molecular weight is 307 g/mol. The zero-order valence-corrected chi connectivity index (χ0v) is 13.1. The van der Waals surface area contributed by atoms with Crippen LogP contribution in [0.2, 0.25) is 0 Å². The molecule has 23 heavy (non-hydrogen) atoms. The van der Waals surface area contributed by atoms with Crippen LogP contribution in [-0.2, 0) is 0 Å². The van der Waals surface area contributed by atoms with Gasteiger partial charge in [0.15, 0.2) is 0 Å². The highest BCUT2D eigenvalue weighted by Crippen LogP contribution is 2.08. The third-order valence-corrected chi connectivity index (χ3v) is 4.04. The molecule has 0 spiro atoms. The first kappa shape index (κ1) is 15.4. The van der Waals surface area contributed by atoms with Gasteiger partial charge in [0, 0.05) is 45.1 Å². The van der Waals surface area contributed by atoms with Crippen molar-refractivity contribution in [3.63, 3.8) is 0 Å². The minimum atomic E-state index is 0.0811. The average Bonchev–Trinajstić information content (AvgIpc) is 2.63. The Hall–Kier alpha value is -2.46. The van der Waals surface area contributed by atoms with E-state index in [1.807, 2.05) is 29.2 Å². The Morgan fingerprint density at radius 1 is 1.04 bits per heavy atom. The molecule has 4 heteroatoms. The van der Waals surface area contributed by atoms with Crippen LogP contribution in [0.15, 0.2) is 60.9 Å². The number of pyridine rings is 1. The molecule has 1 fully saturated rings. The van der Waals surface area contributed by atoms with Crippen molar-refractivity contribution in [1.82, 2.24) is 14.8 Å². The fraction of sp³-hybridized carbons (Fsp3) is 0.263. The molecule has 1 aliphatic rings. The van der Waals surface area contributed by atoms with Crippen LogP contribution in [0.3, 0.4) is 0 Å². The molecule has 1 aromatic carbocycles. The topological polar surface area (TPSA) is 36.4 Å². The van der Waals surface area contributed by atoms with Crippen LogP contribution in [0.1, 0.15) is 15.9 Å². The van der Waals surface area contributed by atoms with Crippen LogP contribution in [0.25, 0.3) is 6.08 Å². The maximum Gasteiger partial charge on any atom is 0.255 e. The first-order valence-corrected chi connectivity index (χ1v) is 7.96. The number of hydrogen-bond acceptors (Lipinski definition) is 3. The molecule has 2 aromatic rings. The summed E-state index contributed by atoms with van der Waals surface area (Å²) in [6.45, 7) is 4.28. The monoisotopic (exact) mass is 307 g/mol. The van der Waals surface area contributed by atoms with Gasteiger partial charge in [0.25, 0.3) is 5.91 Å². The Balaban J connectivity index is 1.47. The van der Waals surface area contributed by atoms with Gasteiger partial charge in [-0.1, -0.05) is 42.5 Å². The Labute approximate surface area is 137 Å². The van der Waals surface area contributed by atoms with E-state index < -0.39 is 0 Å². The number of hydrogen-bond donors (Lipinski definition) is 0. The van der Waals surface area contributed by atoms with Crippen LogP contribution >= 0.6 is 0 Å². The van der Waals surface area contributed by atoms with E-state index in [1.54, 1.807) is 18.5 Å². The van der Waals surface area contributed by atoms with Crippen LogP contribution in [0, 0.1) is 0 Å². The molecular weight excluding hydrogens is 286 g/mol. The van der Waals surface area contributed by atoms with Crippen molar-refractivity contribution in [1.29, 1.82) is 0 Å². The Bertz CT molecular complexity index is 647. The normalized spacial score (nSPS) is 15.9. The van der Waals surface area contributed by atoms with Crippen LogP contribution in [-0.4, -0.2) is 53.4 Å². The van der Waals surface area contributed by atoms with Crippen molar-refractivity contribution in [3.8, 4) is 0 Å². The summed E-state index contributed by atoms with van der Waals surface area (Å²) in [4.78, 5) is 20.7. The molecule has 1 amide bonds. The van der Waals surface area contributed by atoms with Crippen LogP contribution in [0.4, 0.5) is 0 Å². The van der Waals surface area contributed by atoms with Crippen molar-refractivity contribution in [2.45, 2.75) is 0 Å². The first-order valence-electron chi connectivity index (χ1n) is 7.96. The number of aromatic nitrogens is 1. The van der Waals surface area contributed by atoms with Gasteiger partial charge in [0.1, 0.15) is 0 Å². The van der Waals surface area contributed by atoms with Gasteiger partial charge in [-0.3, -0.25) is 14.7 Å². The lowest BCUT2D eigenvalue weighted by Gasteiger charge is -2.34. The quantitative estimate of drug-likeness (QED) is 0.871. The summed E-state index contributed by atoms with van der Waals surface area (Å²) < 4.78 is 0. The van der Waals surface area contributed by atoms with Gasteiger partial charge in [-0.2, -0.15) is 0 Å². The van der Waals surface area contributed by atoms with Crippen molar-refractivity contribution >= 4 is 12.0 Å². The predicted molar refractivity (Wildman–Crippen MR) is 92.1 cm³/mol. The first-order chi connectivity index (χ1) is 11.3. The third kappa shape index (κ3) is 4.27. The largest absolute Gasteiger partial charge is 0.336 e. The summed E-state index contributed by atoms with van der Waals surface area (Å²) in [7, 11) is 0. The smallest absolute Gasteiger partial charge is 0.255 e. The number of rotatable bonds is 4. The van der Waals surface area contributed by atoms with Gasteiger partial charge < -0.3 is 4.90 Å². The van der Waals surface area contributed by atoms with E-state index in [-0.39, 0.29) is 5.91 Å². The van der Waals surface area contributed by atoms with E-state index in [1.165, 1.54) is 5.56 Å². The lowest BCUT2D eigenvalue weighted by atomic mass is 10.2. The molecule has 0 radical (unpaired) electrons. The summed E-state index contributed by atoms with van der Waals surface area (Å²) in [5.41, 5.74) is 1.89. The molecule has 0 unspecified atom stereocenters. The third-order valence-electron chi connectivity index (χ3n) is 4.04. The molecule has 1 saturated heterocycles. The Morgan fingerprint density at radius 2 is 1.83 bits per heavy atom. The SMILES string of the molecule is O=C(c1cccnc1)N1CCN(C/C=C/c2ccccc2)CC1. The summed E-state index contributed by atoms with van der Waals surface area (Å²) >= 11 is 0. The van der Waals surface area contributed by atoms with E-state index in [2.05, 4.69) is 34.2 Å². The highest BCUT2D eigenvalue weighted by molar-refractivity contribution is 5.93. The molecule has 3 rings (SSSR count). The van der Waals surface area contributed by atoms with E-state index in [4.69, 9.17) is 0 Å². The van der Waals surface area contributed by atoms with Crippen molar-refractivity contribution in [2.75, 3.05) is 32.7 Å². The number of nitrogens with zero attached hydrogens (tertiary/aromatic N) is 3. The molecule has 1 aromatic heterocycles. The number of amides is 1. The Kier molecular flexibility index (Phi) is 5.17. The highest BCUT2D eigenvalue weighted by atomic mass is 16.2. The molecule has 1 aliphatic heterocycles. The fourth-order valence-corrected chi connectivity index (χ4v) is 2.71. The highest BCUT2D eigenvalue weighted by Gasteiger charge is 2.21. The van der Waals surface area contributed by atoms with Gasteiger partial charge >= 0.3 is 0 Å². The standard InChI is InChI=1S/C19H21N3O/c23-19(18-9-4-10-20-16-18)22-14-12-21(13-15-22)11-5-8-17-6-2-1-3-7-17/h1-10,16H,11-15H2/b8-5+. The molecular formula is C19H21N3O. The summed E-state index contributed by atoms with van der Waals surface area (Å²) in [6.07, 6.45) is 7.66. The molecule has 0 aliphatic carbocycles. The number of benzene rings is 1. The second-order valence-corrected chi connectivity index (χ2v) is 5.65. The van der Waals surface area contributed by atoms with Gasteiger partial charge in [0.2, 0.25) is 0 Å². The number of carbonyl (C=O) groups is 1. The van der Waals surface area contributed by atoms with Crippen LogP contribution < -0.4 is 0 Å². The zero-order chi connectivity index (χ0) is 15.9. The minimum Gasteiger partial charge on any atom is -0.336 e. The van der Waals surface area contributed by atoms with Gasteiger partial charge in [-0.25, -0.2) is 0 Å². The maximum absolute atomic E-state index is 12.4. The second-order valence-electron chi connectivity index (χ2n) is 5.65. The lowest BCUT2D eigenvalue weighted by molar-refractivity contribution is 0.0650. The van der Waals surface area contributed by atoms with Gasteiger partial charge in [0.05, 0.1) is 5.56 Å². The number of carbonyl (C=O) groups excluding carboxylic acids is 1. The molecule has 4 nitrogen and oxygen atoms in total. The molecule has 0 saturated carbocycles. The molecule has 0 N–H and O–H groups in total. The van der Waals surface area contributed by atoms with Crippen molar-refractivity contribution in [3.05, 3.63) is 72.1 Å². The van der Waals surface area contributed by atoms with Gasteiger partial charge in [-0.15, -0.1) is 0 Å². The lowest BCUT2D eigenvalue weighted by Crippen LogP contribution is -2.48. The van der Waals surface area contributed by atoms with Gasteiger partial charge in [-0.05, 0) is 17.7 Å². The van der Waals surface area contributed by atoms with E-state index in [0.29, 0.717) is 5.56 Å². The van der Waals surface area contributed by atoms with E-state index in [0.717, 1.165) is 32.7 Å².